The lowest BCUT2D eigenvalue weighted by molar-refractivity contribution is 0.682. The van der Waals surface area contributed by atoms with E-state index < -0.39 is 0 Å². The van der Waals surface area contributed by atoms with Gasteiger partial charge in [0.15, 0.2) is 0 Å². The van der Waals surface area contributed by atoms with Crippen molar-refractivity contribution in [1.29, 1.82) is 0 Å². The molecule has 2 aromatic carbocycles. The van der Waals surface area contributed by atoms with Crippen LogP contribution in [0.15, 0.2) is 78.3 Å². The minimum atomic E-state index is 0.749. The molecule has 0 aromatic heterocycles. The lowest BCUT2D eigenvalue weighted by Gasteiger charge is -2.00. The second-order valence-corrected chi connectivity index (χ2v) is 9.82. The first-order valence-corrected chi connectivity index (χ1v) is 15.2. The van der Waals surface area contributed by atoms with Crippen molar-refractivity contribution in [3.05, 3.63) is 96.1 Å². The van der Waals surface area contributed by atoms with Crippen LogP contribution in [0.4, 0.5) is 0 Å². The van der Waals surface area contributed by atoms with Gasteiger partial charge in [-0.3, -0.25) is 9.98 Å². The van der Waals surface area contributed by atoms with Gasteiger partial charge < -0.3 is 0 Å². The van der Waals surface area contributed by atoms with Gasteiger partial charge in [-0.25, -0.2) is 0 Å². The van der Waals surface area contributed by atoms with Gasteiger partial charge >= 0.3 is 0 Å². The average molecular weight is 565 g/mol. The summed E-state index contributed by atoms with van der Waals surface area (Å²) in [5, 5.41) is 0. The third-order valence-corrected chi connectivity index (χ3v) is 4.54. The number of hydrogen-bond acceptors (Lipinski definition) is 2. The molecule has 0 atom stereocenters. The third kappa shape index (κ3) is 39.2. The predicted molar refractivity (Wildman–Crippen MR) is 198 cm³/mol. The van der Waals surface area contributed by atoms with Gasteiger partial charge in [0.05, 0.1) is 0 Å². The SMILES string of the molecule is C=C(C)c1ccc(C)cc1.C=CC=NC.C=Cc1cc(C)ccc1C.CC.CCC.CCC.CN=C(C)CC(C)C. The molecule has 0 bridgehead atoms. The summed E-state index contributed by atoms with van der Waals surface area (Å²) in [6.07, 6.45) is 8.80. The number of aliphatic imine (C=N–C) groups is 2. The van der Waals surface area contributed by atoms with Crippen molar-refractivity contribution in [2.24, 2.45) is 15.9 Å². The Bertz CT molecular complexity index is 911. The van der Waals surface area contributed by atoms with Gasteiger partial charge in [-0.1, -0.05) is 159 Å². The van der Waals surface area contributed by atoms with Gasteiger partial charge in [0.1, 0.15) is 0 Å². The maximum absolute atomic E-state index is 4.05. The van der Waals surface area contributed by atoms with Crippen molar-refractivity contribution >= 4 is 23.6 Å². The Kier molecular flexibility index (Phi) is 43.1. The molecule has 0 saturated heterocycles. The molecule has 0 fully saturated rings. The quantitative estimate of drug-likeness (QED) is 0.323. The normalized spacial score (nSPS) is 9.22. The topological polar surface area (TPSA) is 24.7 Å². The van der Waals surface area contributed by atoms with E-state index in [1.807, 2.05) is 33.9 Å². The standard InChI is InChI=1S/2C10H12.C7H15N.C4H7N.2C3H8.C2H6/c1-8(2)10-6-4-9(3)5-7-10;1-4-10-7-8(2)5-6-9(10)3;1-6(2)5-7(3)8-4;1-3-4-5-2;2*1-3-2;1-2/h2*4-7H,1H2,2-3H3;6H,5H2,1-4H3;3-4H,1H2,2H3;2*3H2,1-2H3;1-2H3. The molecule has 234 valence electrons. The van der Waals surface area contributed by atoms with Crippen molar-refractivity contribution in [2.45, 2.75) is 109 Å². The van der Waals surface area contributed by atoms with Crippen LogP contribution in [0, 0.1) is 26.7 Å². The highest BCUT2D eigenvalue weighted by molar-refractivity contribution is 5.81. The van der Waals surface area contributed by atoms with Gasteiger partial charge in [-0.15, -0.1) is 0 Å². The molecule has 0 saturated carbocycles. The van der Waals surface area contributed by atoms with Crippen molar-refractivity contribution in [3.63, 3.8) is 0 Å². The summed E-state index contributed by atoms with van der Waals surface area (Å²) in [5.74, 6) is 0.749. The third-order valence-electron chi connectivity index (χ3n) is 4.54. The highest BCUT2D eigenvalue weighted by Gasteiger charge is 1.94. The lowest BCUT2D eigenvalue weighted by Crippen LogP contribution is -1.96. The summed E-state index contributed by atoms with van der Waals surface area (Å²) < 4.78 is 0. The number of allylic oxidation sites excluding steroid dienone is 2. The Morgan fingerprint density at radius 1 is 0.805 bits per heavy atom. The van der Waals surface area contributed by atoms with Crippen LogP contribution in [0.5, 0.6) is 0 Å². The van der Waals surface area contributed by atoms with Crippen molar-refractivity contribution in [1.82, 2.24) is 0 Å². The van der Waals surface area contributed by atoms with Crippen LogP contribution in [0.25, 0.3) is 11.6 Å². The fourth-order valence-corrected chi connectivity index (χ4v) is 2.61. The number of rotatable bonds is 5. The van der Waals surface area contributed by atoms with Crippen LogP contribution in [0.1, 0.15) is 116 Å². The van der Waals surface area contributed by atoms with E-state index in [-0.39, 0.29) is 0 Å². The zero-order valence-electron chi connectivity index (χ0n) is 30.0. The first-order chi connectivity index (χ1) is 19.3. The monoisotopic (exact) mass is 565 g/mol. The first-order valence-electron chi connectivity index (χ1n) is 15.2. The smallest absolute Gasteiger partial charge is 0.0277 e. The molecular formula is C39H68N2. The fraction of sp³-hybridized carbons (Fsp3) is 0.487. The maximum atomic E-state index is 4.05. The molecule has 2 rings (SSSR count). The lowest BCUT2D eigenvalue weighted by atomic mass is 10.1. The average Bonchev–Trinajstić information content (AvgIpc) is 2.93. The Morgan fingerprint density at radius 3 is 1.49 bits per heavy atom. The summed E-state index contributed by atoms with van der Waals surface area (Å²) in [6.45, 7) is 38.3. The van der Waals surface area contributed by atoms with Gasteiger partial charge in [-0.05, 0) is 63.6 Å². The van der Waals surface area contributed by atoms with E-state index in [2.05, 4.69) is 141 Å². The molecule has 0 aliphatic carbocycles. The van der Waals surface area contributed by atoms with E-state index in [1.165, 1.54) is 46.4 Å². The van der Waals surface area contributed by atoms with Gasteiger partial charge in [0.2, 0.25) is 0 Å². The summed E-state index contributed by atoms with van der Waals surface area (Å²) in [6, 6.07) is 14.8. The van der Waals surface area contributed by atoms with Crippen LogP contribution in [-0.4, -0.2) is 26.0 Å². The van der Waals surface area contributed by atoms with E-state index in [4.69, 9.17) is 0 Å². The number of nitrogens with zero attached hydrogens (tertiary/aromatic N) is 2. The number of benzene rings is 2. The van der Waals surface area contributed by atoms with Crippen molar-refractivity contribution in [3.8, 4) is 0 Å². The zero-order valence-corrected chi connectivity index (χ0v) is 30.0. The van der Waals surface area contributed by atoms with Gasteiger partial charge in [0, 0.05) is 26.0 Å². The highest BCUT2D eigenvalue weighted by Crippen LogP contribution is 2.11. The molecule has 0 heterocycles. The van der Waals surface area contributed by atoms with Crippen LogP contribution < -0.4 is 0 Å². The number of hydrogen-bond donors (Lipinski definition) is 0. The summed E-state index contributed by atoms with van der Waals surface area (Å²) >= 11 is 0. The fourth-order valence-electron chi connectivity index (χ4n) is 2.61. The van der Waals surface area contributed by atoms with Crippen LogP contribution in [0.2, 0.25) is 0 Å². The Labute approximate surface area is 258 Å². The Morgan fingerprint density at radius 2 is 1.24 bits per heavy atom. The van der Waals surface area contributed by atoms with Crippen molar-refractivity contribution in [2.75, 3.05) is 14.1 Å². The van der Waals surface area contributed by atoms with Crippen LogP contribution in [0.3, 0.4) is 0 Å². The van der Waals surface area contributed by atoms with Gasteiger partial charge in [-0.2, -0.15) is 0 Å². The minimum absolute atomic E-state index is 0.749. The van der Waals surface area contributed by atoms with E-state index in [0.717, 1.165) is 17.9 Å². The molecule has 0 unspecified atom stereocenters. The molecule has 0 N–H and O–H groups in total. The van der Waals surface area contributed by atoms with E-state index in [1.54, 1.807) is 19.3 Å². The molecule has 41 heavy (non-hydrogen) atoms. The largest absolute Gasteiger partial charge is 0.298 e. The van der Waals surface area contributed by atoms with E-state index >= 15 is 0 Å². The molecule has 2 aromatic rings. The first kappa shape index (κ1) is 47.8. The molecule has 0 aliphatic heterocycles. The molecule has 0 radical (unpaired) electrons. The molecule has 2 nitrogen and oxygen atoms in total. The molecule has 0 spiro atoms. The predicted octanol–water partition coefficient (Wildman–Crippen LogP) is 12.8. The molecule has 2 heteroatoms. The molecular weight excluding hydrogens is 496 g/mol. The van der Waals surface area contributed by atoms with Crippen LogP contribution in [-0.2, 0) is 0 Å². The highest BCUT2D eigenvalue weighted by atomic mass is 14.7. The van der Waals surface area contributed by atoms with E-state index in [9.17, 15) is 0 Å². The molecule has 0 amide bonds. The Balaban J connectivity index is -0.000000132. The van der Waals surface area contributed by atoms with Crippen molar-refractivity contribution < 1.29 is 0 Å². The van der Waals surface area contributed by atoms with Gasteiger partial charge in [0.25, 0.3) is 0 Å². The molecule has 0 aliphatic rings. The zero-order chi connectivity index (χ0) is 33.2. The number of aryl methyl sites for hydroxylation is 3. The van der Waals surface area contributed by atoms with E-state index in [0.29, 0.717) is 0 Å². The maximum Gasteiger partial charge on any atom is 0.0277 e. The Hall–Kier alpha value is -3.00. The second kappa shape index (κ2) is 37.0. The summed E-state index contributed by atoms with van der Waals surface area (Å²) in [7, 11) is 3.55. The second-order valence-electron chi connectivity index (χ2n) is 9.82. The summed E-state index contributed by atoms with van der Waals surface area (Å²) in [5.41, 5.74) is 8.72. The minimum Gasteiger partial charge on any atom is -0.298 e. The summed E-state index contributed by atoms with van der Waals surface area (Å²) in [4.78, 5) is 7.66. The van der Waals surface area contributed by atoms with Crippen LogP contribution >= 0.6 is 0 Å².